The molecule has 13 heavy (non-hydrogen) atoms. The molecule has 0 bridgehead atoms. The molecule has 0 saturated heterocycles. The third kappa shape index (κ3) is 1.49. The fourth-order valence-electron chi connectivity index (χ4n) is 1.65. The molecule has 2 nitrogen and oxygen atoms in total. The number of hydrogen-bond acceptors (Lipinski definition) is 2. The topological polar surface area (TPSA) is 29.1 Å². The molecule has 1 atom stereocenters. The van der Waals surface area contributed by atoms with E-state index in [2.05, 4.69) is 17.4 Å². The first-order valence-electron chi connectivity index (χ1n) is 4.53. The summed E-state index contributed by atoms with van der Waals surface area (Å²) < 4.78 is 0. The maximum atomic E-state index is 11.2. The summed E-state index contributed by atoms with van der Waals surface area (Å²) in [7, 11) is 1.86. The average Bonchev–Trinajstić information content (AvgIpc) is 2.79. The number of hydrogen-bond donors (Lipinski definition) is 1. The van der Waals surface area contributed by atoms with Crippen LogP contribution >= 0.6 is 0 Å². The van der Waals surface area contributed by atoms with Gasteiger partial charge in [0.25, 0.3) is 0 Å². The molecular weight excluding hydrogens is 162 g/mol. The lowest BCUT2D eigenvalue weighted by Crippen LogP contribution is -2.32. The smallest absolute Gasteiger partial charge is 0.155 e. The van der Waals surface area contributed by atoms with Gasteiger partial charge in [0.15, 0.2) is 5.78 Å². The van der Waals surface area contributed by atoms with Crippen LogP contribution in [0.1, 0.15) is 12.0 Å². The maximum Gasteiger partial charge on any atom is 0.155 e. The standard InChI is InChI=1S/C11H13NO/c1-12-11(8-10(11)13)7-9-5-3-2-4-6-9/h2-6,12H,7-8H2,1H3/t11-/m0/s1. The number of benzene rings is 1. The number of carbonyl (C=O) groups is 1. The van der Waals surface area contributed by atoms with Crippen LogP contribution in [0.15, 0.2) is 30.3 Å². The van der Waals surface area contributed by atoms with E-state index in [1.54, 1.807) is 0 Å². The molecule has 68 valence electrons. The molecule has 1 aliphatic carbocycles. The molecule has 1 saturated carbocycles. The van der Waals surface area contributed by atoms with Crippen molar-refractivity contribution in [2.75, 3.05) is 7.05 Å². The van der Waals surface area contributed by atoms with Gasteiger partial charge in [0.05, 0.1) is 5.54 Å². The van der Waals surface area contributed by atoms with Gasteiger partial charge in [0, 0.05) is 6.42 Å². The van der Waals surface area contributed by atoms with Crippen LogP contribution in [0.2, 0.25) is 0 Å². The summed E-state index contributed by atoms with van der Waals surface area (Å²) in [6, 6.07) is 10.1. The van der Waals surface area contributed by atoms with Crippen molar-refractivity contribution >= 4 is 5.78 Å². The van der Waals surface area contributed by atoms with Crippen LogP contribution < -0.4 is 5.32 Å². The van der Waals surface area contributed by atoms with Gasteiger partial charge in [-0.05, 0) is 19.0 Å². The Balaban J connectivity index is 2.11. The summed E-state index contributed by atoms with van der Waals surface area (Å²) in [4.78, 5) is 11.2. The fourth-order valence-corrected chi connectivity index (χ4v) is 1.65. The predicted molar refractivity (Wildman–Crippen MR) is 51.6 cm³/mol. The first kappa shape index (κ1) is 8.45. The van der Waals surface area contributed by atoms with Gasteiger partial charge in [0.1, 0.15) is 0 Å². The quantitative estimate of drug-likeness (QED) is 0.747. The molecule has 0 unspecified atom stereocenters. The molecule has 0 spiro atoms. The van der Waals surface area contributed by atoms with Gasteiger partial charge in [-0.2, -0.15) is 0 Å². The van der Waals surface area contributed by atoms with Crippen molar-refractivity contribution in [3.05, 3.63) is 35.9 Å². The van der Waals surface area contributed by atoms with Crippen LogP contribution in [0.25, 0.3) is 0 Å². The highest BCUT2D eigenvalue weighted by atomic mass is 16.1. The lowest BCUT2D eigenvalue weighted by Gasteiger charge is -2.10. The second kappa shape index (κ2) is 2.96. The summed E-state index contributed by atoms with van der Waals surface area (Å²) in [5, 5.41) is 3.10. The van der Waals surface area contributed by atoms with Crippen molar-refractivity contribution in [3.63, 3.8) is 0 Å². The van der Waals surface area contributed by atoms with E-state index in [4.69, 9.17) is 0 Å². The van der Waals surface area contributed by atoms with Crippen LogP contribution in [0.3, 0.4) is 0 Å². The number of rotatable bonds is 3. The first-order valence-corrected chi connectivity index (χ1v) is 4.53. The summed E-state index contributed by atoms with van der Waals surface area (Å²) in [5.74, 6) is 0.332. The molecule has 2 rings (SSSR count). The molecule has 0 aliphatic heterocycles. The van der Waals surface area contributed by atoms with E-state index < -0.39 is 0 Å². The van der Waals surface area contributed by atoms with Gasteiger partial charge in [-0.1, -0.05) is 30.3 Å². The second-order valence-corrected chi connectivity index (χ2v) is 3.59. The van der Waals surface area contributed by atoms with Crippen molar-refractivity contribution < 1.29 is 4.79 Å². The van der Waals surface area contributed by atoms with Crippen LogP contribution in [0, 0.1) is 0 Å². The largest absolute Gasteiger partial charge is 0.307 e. The molecule has 1 aromatic rings. The lowest BCUT2D eigenvalue weighted by molar-refractivity contribution is -0.111. The van der Waals surface area contributed by atoms with Gasteiger partial charge in [-0.25, -0.2) is 0 Å². The van der Waals surface area contributed by atoms with E-state index in [1.165, 1.54) is 5.56 Å². The number of nitrogens with one attached hydrogen (secondary N) is 1. The number of ketones is 1. The van der Waals surface area contributed by atoms with E-state index >= 15 is 0 Å². The van der Waals surface area contributed by atoms with E-state index in [-0.39, 0.29) is 5.54 Å². The molecule has 0 amide bonds. The zero-order valence-corrected chi connectivity index (χ0v) is 7.71. The highest BCUT2D eigenvalue weighted by Crippen LogP contribution is 2.33. The van der Waals surface area contributed by atoms with Crippen molar-refractivity contribution in [1.82, 2.24) is 5.32 Å². The first-order chi connectivity index (χ1) is 6.27. The molecule has 0 heterocycles. The van der Waals surface area contributed by atoms with Gasteiger partial charge < -0.3 is 5.32 Å². The van der Waals surface area contributed by atoms with E-state index in [0.717, 1.165) is 6.42 Å². The Kier molecular flexibility index (Phi) is 1.93. The SMILES string of the molecule is CN[C@@]1(Cc2ccccc2)CC1=O. The number of Topliss-reactive ketones (excluding diaryl/α,β-unsaturated/α-hetero) is 1. The minimum atomic E-state index is -0.235. The Morgan fingerprint density at radius 3 is 2.46 bits per heavy atom. The Morgan fingerprint density at radius 2 is 2.00 bits per heavy atom. The fraction of sp³-hybridized carbons (Fsp3) is 0.364. The third-order valence-corrected chi connectivity index (χ3v) is 2.70. The van der Waals surface area contributed by atoms with Gasteiger partial charge >= 0.3 is 0 Å². The monoisotopic (exact) mass is 175 g/mol. The zero-order valence-electron chi connectivity index (χ0n) is 7.71. The lowest BCUT2D eigenvalue weighted by atomic mass is 10.0. The van der Waals surface area contributed by atoms with Crippen molar-refractivity contribution in [2.45, 2.75) is 18.4 Å². The highest BCUT2D eigenvalue weighted by Gasteiger charge is 2.52. The average molecular weight is 175 g/mol. The summed E-state index contributed by atoms with van der Waals surface area (Å²) >= 11 is 0. The Morgan fingerprint density at radius 1 is 1.38 bits per heavy atom. The molecule has 1 aromatic carbocycles. The highest BCUT2D eigenvalue weighted by molar-refractivity contribution is 6.05. The minimum absolute atomic E-state index is 0.235. The summed E-state index contributed by atoms with van der Waals surface area (Å²) in [6.45, 7) is 0. The number of likely N-dealkylation sites (N-methyl/N-ethyl adjacent to an activating group) is 1. The normalized spacial score (nSPS) is 26.1. The van der Waals surface area contributed by atoms with E-state index in [9.17, 15) is 4.79 Å². The van der Waals surface area contributed by atoms with E-state index in [0.29, 0.717) is 12.2 Å². The van der Waals surface area contributed by atoms with Crippen LogP contribution in [-0.4, -0.2) is 18.4 Å². The summed E-state index contributed by atoms with van der Waals surface area (Å²) in [6.07, 6.45) is 1.50. The molecule has 0 aromatic heterocycles. The van der Waals surface area contributed by atoms with Crippen molar-refractivity contribution in [2.24, 2.45) is 0 Å². The van der Waals surface area contributed by atoms with Crippen LogP contribution in [-0.2, 0) is 11.2 Å². The molecule has 1 N–H and O–H groups in total. The molecule has 1 aliphatic rings. The number of carbonyl (C=O) groups excluding carboxylic acids is 1. The molecular formula is C11H13NO. The van der Waals surface area contributed by atoms with Crippen LogP contribution in [0.5, 0.6) is 0 Å². The van der Waals surface area contributed by atoms with Crippen LogP contribution in [0.4, 0.5) is 0 Å². The van der Waals surface area contributed by atoms with Gasteiger partial charge in [-0.3, -0.25) is 4.79 Å². The Labute approximate surface area is 78.0 Å². The van der Waals surface area contributed by atoms with Crippen molar-refractivity contribution in [1.29, 1.82) is 0 Å². The second-order valence-electron chi connectivity index (χ2n) is 3.59. The Hall–Kier alpha value is -1.15. The Bertz CT molecular complexity index is 320. The molecule has 0 radical (unpaired) electrons. The zero-order chi connectivity index (χ0) is 9.31. The molecule has 1 fully saturated rings. The predicted octanol–water partition coefficient (Wildman–Crippen LogP) is 1.16. The third-order valence-electron chi connectivity index (χ3n) is 2.70. The van der Waals surface area contributed by atoms with E-state index in [1.807, 2.05) is 25.2 Å². The van der Waals surface area contributed by atoms with Gasteiger partial charge in [0.2, 0.25) is 0 Å². The van der Waals surface area contributed by atoms with Gasteiger partial charge in [-0.15, -0.1) is 0 Å². The maximum absolute atomic E-state index is 11.2. The minimum Gasteiger partial charge on any atom is -0.307 e. The summed E-state index contributed by atoms with van der Waals surface area (Å²) in [5.41, 5.74) is 0.990. The van der Waals surface area contributed by atoms with Crippen molar-refractivity contribution in [3.8, 4) is 0 Å². The molecule has 2 heteroatoms.